The topological polar surface area (TPSA) is 113 Å². The number of anilines is 3. The fourth-order valence-electron chi connectivity index (χ4n) is 4.66. The van der Waals surface area contributed by atoms with Crippen LogP contribution in [0.25, 0.3) is 11.1 Å². The smallest absolute Gasteiger partial charge is 0.274 e. The van der Waals surface area contributed by atoms with Gasteiger partial charge in [-0.05, 0) is 34.7 Å². The highest BCUT2D eigenvalue weighted by Crippen LogP contribution is 2.41. The number of nitrogens with zero attached hydrogens (tertiary/aromatic N) is 4. The highest BCUT2D eigenvalue weighted by atomic mass is 32.1. The van der Waals surface area contributed by atoms with E-state index in [1.807, 2.05) is 18.2 Å². The lowest BCUT2D eigenvalue weighted by atomic mass is 9.94. The average Bonchev–Trinajstić information content (AvgIpc) is 3.58. The molecule has 1 aliphatic rings. The van der Waals surface area contributed by atoms with Gasteiger partial charge in [0.15, 0.2) is 5.82 Å². The Morgan fingerprint density at radius 3 is 2.61 bits per heavy atom. The van der Waals surface area contributed by atoms with Crippen LogP contribution in [0.4, 0.5) is 17.2 Å². The van der Waals surface area contributed by atoms with Gasteiger partial charge in [0.2, 0.25) is 0 Å². The molecule has 1 amide bonds. The van der Waals surface area contributed by atoms with Crippen LogP contribution in [0.1, 0.15) is 46.4 Å². The van der Waals surface area contributed by atoms with Crippen molar-refractivity contribution in [3.8, 4) is 11.1 Å². The van der Waals surface area contributed by atoms with Crippen LogP contribution in [0, 0.1) is 0 Å². The second kappa shape index (κ2) is 9.86. The molecule has 4 aromatic rings. The third-order valence-electron chi connectivity index (χ3n) is 6.64. The summed E-state index contributed by atoms with van der Waals surface area (Å²) in [6.45, 7) is 6.91. The van der Waals surface area contributed by atoms with Crippen LogP contribution in [0.2, 0.25) is 0 Å². The minimum atomic E-state index is -0.270. The molecule has 198 valence electrons. The molecule has 3 aromatic heterocycles. The summed E-state index contributed by atoms with van der Waals surface area (Å²) in [7, 11) is 1.67. The first-order valence-corrected chi connectivity index (χ1v) is 13.2. The normalized spacial score (nSPS) is 13.3. The lowest BCUT2D eigenvalue weighted by molar-refractivity contribution is 0.0999. The molecule has 3 N–H and O–H groups in total. The average molecular weight is 534 g/mol. The van der Waals surface area contributed by atoms with Crippen molar-refractivity contribution in [1.82, 2.24) is 14.3 Å². The molecule has 0 bridgehead atoms. The number of aliphatic hydroxyl groups is 2. The van der Waals surface area contributed by atoms with Crippen molar-refractivity contribution in [2.45, 2.75) is 45.9 Å². The van der Waals surface area contributed by atoms with Gasteiger partial charge in [0.1, 0.15) is 5.69 Å². The van der Waals surface area contributed by atoms with Crippen molar-refractivity contribution in [3.63, 3.8) is 0 Å². The number of aliphatic hydroxyl groups excluding tert-OH is 2. The Bertz CT molecular complexity index is 1580. The third-order valence-corrected chi connectivity index (χ3v) is 8.23. The Balaban J connectivity index is 1.51. The van der Waals surface area contributed by atoms with Crippen molar-refractivity contribution in [2.24, 2.45) is 7.05 Å². The van der Waals surface area contributed by atoms with E-state index in [2.05, 4.69) is 37.3 Å². The predicted octanol–water partition coefficient (Wildman–Crippen LogP) is 4.00. The standard InChI is InChI=1S/C28H31N5O4S/c1-28(2,3)23-13-18-15-33(27(37)25(18)38-23)22-7-5-6-19(20(22)16-35)17-12-21(26(36)31(4)14-17)29-24-8-9-32(30-24)10-11-34/h5-9,12-14,34-35H,10-11,15-16H2,1-4H3,(H,29,30). The number of benzene rings is 1. The first-order chi connectivity index (χ1) is 18.1. The zero-order valence-electron chi connectivity index (χ0n) is 21.9. The molecule has 0 saturated carbocycles. The van der Waals surface area contributed by atoms with E-state index < -0.39 is 0 Å². The lowest BCUT2D eigenvalue weighted by Crippen LogP contribution is -2.25. The number of hydrogen-bond donors (Lipinski definition) is 3. The van der Waals surface area contributed by atoms with E-state index in [0.717, 1.165) is 16.0 Å². The molecule has 1 aromatic carbocycles. The van der Waals surface area contributed by atoms with Gasteiger partial charge < -0.3 is 25.0 Å². The van der Waals surface area contributed by atoms with Gasteiger partial charge in [0.05, 0.1) is 36.9 Å². The van der Waals surface area contributed by atoms with E-state index in [0.29, 0.717) is 41.4 Å². The molecule has 0 saturated heterocycles. The molecule has 38 heavy (non-hydrogen) atoms. The second-order valence-electron chi connectivity index (χ2n) is 10.4. The van der Waals surface area contributed by atoms with Crippen molar-refractivity contribution < 1.29 is 15.0 Å². The number of amides is 1. The zero-order chi connectivity index (χ0) is 27.2. The Labute approximate surface area is 224 Å². The number of carbonyl (C=O) groups excluding carboxylic acids is 1. The minimum Gasteiger partial charge on any atom is -0.394 e. The number of hydrogen-bond acceptors (Lipinski definition) is 7. The Kier molecular flexibility index (Phi) is 6.72. The quantitative estimate of drug-likeness (QED) is 0.331. The van der Waals surface area contributed by atoms with Gasteiger partial charge in [0, 0.05) is 41.5 Å². The maximum atomic E-state index is 13.4. The summed E-state index contributed by atoms with van der Waals surface area (Å²) >= 11 is 1.54. The van der Waals surface area contributed by atoms with Crippen LogP contribution in [-0.4, -0.2) is 37.1 Å². The predicted molar refractivity (Wildman–Crippen MR) is 149 cm³/mol. The molecular formula is C28H31N5O4S. The zero-order valence-corrected chi connectivity index (χ0v) is 22.7. The molecule has 10 heteroatoms. The number of nitrogens with one attached hydrogen (secondary N) is 1. The molecule has 1 aliphatic heterocycles. The monoisotopic (exact) mass is 533 g/mol. The lowest BCUT2D eigenvalue weighted by Gasteiger charge is -2.22. The molecular weight excluding hydrogens is 502 g/mol. The summed E-state index contributed by atoms with van der Waals surface area (Å²) < 4.78 is 3.06. The summed E-state index contributed by atoms with van der Waals surface area (Å²) in [6, 6.07) is 11.2. The molecule has 0 fully saturated rings. The van der Waals surface area contributed by atoms with Gasteiger partial charge in [-0.25, -0.2) is 0 Å². The highest BCUT2D eigenvalue weighted by Gasteiger charge is 2.34. The molecule has 9 nitrogen and oxygen atoms in total. The van der Waals surface area contributed by atoms with E-state index in [1.54, 1.807) is 41.2 Å². The minimum absolute atomic E-state index is 0.0255. The fourth-order valence-corrected chi connectivity index (χ4v) is 5.84. The number of carbonyl (C=O) groups is 1. The molecule has 0 aliphatic carbocycles. The fraction of sp³-hybridized carbons (Fsp3) is 0.321. The van der Waals surface area contributed by atoms with Gasteiger partial charge in [-0.2, -0.15) is 5.10 Å². The summed E-state index contributed by atoms with van der Waals surface area (Å²) in [5, 5.41) is 27.0. The molecule has 0 spiro atoms. The summed E-state index contributed by atoms with van der Waals surface area (Å²) in [5.41, 5.74) is 3.78. The van der Waals surface area contributed by atoms with Crippen LogP contribution >= 0.6 is 11.3 Å². The van der Waals surface area contributed by atoms with Crippen molar-refractivity contribution in [3.05, 3.63) is 80.0 Å². The number of thiophene rings is 1. The van der Waals surface area contributed by atoms with Crippen LogP contribution in [0.15, 0.2) is 53.6 Å². The molecule has 4 heterocycles. The number of aromatic nitrogens is 3. The summed E-state index contributed by atoms with van der Waals surface area (Å²) in [4.78, 5) is 30.0. The van der Waals surface area contributed by atoms with Gasteiger partial charge >= 0.3 is 0 Å². The third kappa shape index (κ3) is 4.66. The van der Waals surface area contributed by atoms with E-state index >= 15 is 0 Å². The van der Waals surface area contributed by atoms with E-state index in [4.69, 9.17) is 5.11 Å². The molecule has 0 radical (unpaired) electrons. The number of rotatable bonds is 7. The maximum absolute atomic E-state index is 13.4. The number of fused-ring (bicyclic) bond motifs is 1. The van der Waals surface area contributed by atoms with Gasteiger partial charge in [-0.3, -0.25) is 14.3 Å². The Morgan fingerprint density at radius 2 is 1.92 bits per heavy atom. The largest absolute Gasteiger partial charge is 0.394 e. The Morgan fingerprint density at radius 1 is 1.13 bits per heavy atom. The molecule has 5 rings (SSSR count). The highest BCUT2D eigenvalue weighted by molar-refractivity contribution is 7.14. The molecule has 0 unspecified atom stereocenters. The SMILES string of the molecule is Cn1cc(-c2cccc(N3Cc4cc(C(C)(C)C)sc4C3=O)c2CO)cc(Nc2ccn(CCO)n2)c1=O. The van der Waals surface area contributed by atoms with E-state index in [1.165, 1.54) is 20.8 Å². The first-order valence-electron chi connectivity index (χ1n) is 12.4. The van der Waals surface area contributed by atoms with E-state index in [9.17, 15) is 14.7 Å². The summed E-state index contributed by atoms with van der Waals surface area (Å²) in [6.07, 6.45) is 3.44. The van der Waals surface area contributed by atoms with E-state index in [-0.39, 0.29) is 30.1 Å². The van der Waals surface area contributed by atoms with Crippen LogP contribution < -0.4 is 15.8 Å². The van der Waals surface area contributed by atoms with Crippen molar-refractivity contribution in [2.75, 3.05) is 16.8 Å². The second-order valence-corrected chi connectivity index (χ2v) is 11.5. The Hall–Kier alpha value is -3.73. The number of aryl methyl sites for hydroxylation is 1. The van der Waals surface area contributed by atoms with Gasteiger partial charge in [-0.15, -0.1) is 11.3 Å². The van der Waals surface area contributed by atoms with Gasteiger partial charge in [-0.1, -0.05) is 32.9 Å². The van der Waals surface area contributed by atoms with Crippen LogP contribution in [0.5, 0.6) is 0 Å². The van der Waals surface area contributed by atoms with Gasteiger partial charge in [0.25, 0.3) is 11.5 Å². The van der Waals surface area contributed by atoms with Crippen LogP contribution in [0.3, 0.4) is 0 Å². The van der Waals surface area contributed by atoms with Crippen molar-refractivity contribution in [1.29, 1.82) is 0 Å². The summed E-state index contributed by atoms with van der Waals surface area (Å²) in [5.74, 6) is 0.417. The first kappa shape index (κ1) is 25.9. The maximum Gasteiger partial charge on any atom is 0.274 e. The van der Waals surface area contributed by atoms with Crippen LogP contribution in [-0.2, 0) is 32.2 Å². The molecule has 0 atom stereocenters. The number of pyridine rings is 1. The van der Waals surface area contributed by atoms with Crippen molar-refractivity contribution >= 4 is 34.4 Å².